The molecule has 1 amide bonds. The Morgan fingerprint density at radius 2 is 2.05 bits per heavy atom. The normalized spacial score (nSPS) is 21.1. The Bertz CT molecular complexity index is 269. The van der Waals surface area contributed by atoms with Crippen molar-refractivity contribution < 1.29 is 4.79 Å². The number of piperidine rings is 1. The number of nitrogens with zero attached hydrogens (tertiary/aromatic N) is 1. The summed E-state index contributed by atoms with van der Waals surface area (Å²) >= 11 is 0. The molecule has 1 aliphatic heterocycles. The molecular weight excluding hydrogens is 238 g/mol. The van der Waals surface area contributed by atoms with E-state index < -0.39 is 5.41 Å². The van der Waals surface area contributed by atoms with Crippen LogP contribution in [0.2, 0.25) is 0 Å². The molecule has 112 valence electrons. The van der Waals surface area contributed by atoms with Gasteiger partial charge in [-0.05, 0) is 58.2 Å². The fourth-order valence-electron chi connectivity index (χ4n) is 2.40. The zero-order chi connectivity index (χ0) is 14.3. The molecule has 3 N–H and O–H groups in total. The number of rotatable bonds is 7. The van der Waals surface area contributed by atoms with Gasteiger partial charge in [-0.1, -0.05) is 13.8 Å². The second-order valence-corrected chi connectivity index (χ2v) is 6.25. The van der Waals surface area contributed by atoms with Crippen LogP contribution in [0.4, 0.5) is 0 Å². The lowest BCUT2D eigenvalue weighted by molar-refractivity contribution is -0.129. The Balaban J connectivity index is 2.15. The Morgan fingerprint density at radius 3 is 2.58 bits per heavy atom. The highest BCUT2D eigenvalue weighted by molar-refractivity contribution is 5.82. The third-order valence-corrected chi connectivity index (χ3v) is 4.59. The average Bonchev–Trinajstić information content (AvgIpc) is 2.44. The van der Waals surface area contributed by atoms with Crippen molar-refractivity contribution >= 4 is 5.91 Å². The number of hydrogen-bond donors (Lipinski definition) is 2. The van der Waals surface area contributed by atoms with E-state index in [1.165, 1.54) is 25.9 Å². The van der Waals surface area contributed by atoms with Crippen LogP contribution < -0.4 is 11.1 Å². The maximum absolute atomic E-state index is 12.0. The highest BCUT2D eigenvalue weighted by Crippen LogP contribution is 2.19. The van der Waals surface area contributed by atoms with Gasteiger partial charge >= 0.3 is 0 Å². The van der Waals surface area contributed by atoms with Gasteiger partial charge in [-0.25, -0.2) is 0 Å². The number of nitrogens with one attached hydrogen (secondary N) is 1. The standard InChI is InChI=1S/C15H31N3O/c1-4-15(3,12-16)14(19)17-8-5-9-18-10-6-13(2)7-11-18/h13H,4-12,16H2,1-3H3,(H,17,19). The van der Waals surface area contributed by atoms with Crippen molar-refractivity contribution in [3.8, 4) is 0 Å². The summed E-state index contributed by atoms with van der Waals surface area (Å²) in [6.07, 6.45) is 4.45. The number of hydrogen-bond acceptors (Lipinski definition) is 3. The number of nitrogens with two attached hydrogens (primary N) is 1. The number of amides is 1. The molecule has 4 heteroatoms. The number of carbonyl (C=O) groups is 1. The fourth-order valence-corrected chi connectivity index (χ4v) is 2.40. The third-order valence-electron chi connectivity index (χ3n) is 4.59. The molecule has 0 aromatic rings. The minimum absolute atomic E-state index is 0.102. The van der Waals surface area contributed by atoms with Gasteiger partial charge in [-0.3, -0.25) is 4.79 Å². The molecule has 0 radical (unpaired) electrons. The van der Waals surface area contributed by atoms with E-state index in [1.807, 2.05) is 13.8 Å². The smallest absolute Gasteiger partial charge is 0.227 e. The monoisotopic (exact) mass is 269 g/mol. The van der Waals surface area contributed by atoms with Gasteiger partial charge in [0.05, 0.1) is 5.41 Å². The van der Waals surface area contributed by atoms with Crippen LogP contribution in [0.15, 0.2) is 0 Å². The lowest BCUT2D eigenvalue weighted by atomic mass is 9.87. The van der Waals surface area contributed by atoms with Crippen LogP contribution in [0.3, 0.4) is 0 Å². The van der Waals surface area contributed by atoms with E-state index in [4.69, 9.17) is 5.73 Å². The summed E-state index contributed by atoms with van der Waals surface area (Å²) in [5.74, 6) is 0.982. The Labute approximate surface area is 118 Å². The molecule has 1 heterocycles. The van der Waals surface area contributed by atoms with Gasteiger partial charge in [0.2, 0.25) is 5.91 Å². The lowest BCUT2D eigenvalue weighted by Gasteiger charge is -2.30. The zero-order valence-electron chi connectivity index (χ0n) is 12.9. The molecule has 1 aliphatic rings. The quantitative estimate of drug-likeness (QED) is 0.690. The molecule has 1 saturated heterocycles. The second kappa shape index (κ2) is 7.85. The number of carbonyl (C=O) groups excluding carboxylic acids is 1. The summed E-state index contributed by atoms with van der Waals surface area (Å²) in [6.45, 7) is 11.0. The van der Waals surface area contributed by atoms with Crippen LogP contribution >= 0.6 is 0 Å². The first-order valence-electron chi connectivity index (χ1n) is 7.72. The zero-order valence-corrected chi connectivity index (χ0v) is 12.9. The van der Waals surface area contributed by atoms with Crippen molar-refractivity contribution in [1.82, 2.24) is 10.2 Å². The average molecular weight is 269 g/mol. The fraction of sp³-hybridized carbons (Fsp3) is 0.933. The van der Waals surface area contributed by atoms with E-state index in [0.717, 1.165) is 31.8 Å². The Morgan fingerprint density at radius 1 is 1.42 bits per heavy atom. The summed E-state index contributed by atoms with van der Waals surface area (Å²) in [5.41, 5.74) is 5.28. The topological polar surface area (TPSA) is 58.4 Å². The van der Waals surface area contributed by atoms with Crippen LogP contribution in [0, 0.1) is 11.3 Å². The maximum Gasteiger partial charge on any atom is 0.227 e. The van der Waals surface area contributed by atoms with Crippen LogP contribution in [0.5, 0.6) is 0 Å². The minimum Gasteiger partial charge on any atom is -0.356 e. The van der Waals surface area contributed by atoms with E-state index in [9.17, 15) is 4.79 Å². The van der Waals surface area contributed by atoms with Crippen LogP contribution in [-0.2, 0) is 4.79 Å². The largest absolute Gasteiger partial charge is 0.356 e. The van der Waals surface area contributed by atoms with Gasteiger partial charge in [-0.2, -0.15) is 0 Å². The molecule has 1 fully saturated rings. The molecule has 0 aromatic carbocycles. The summed E-state index contributed by atoms with van der Waals surface area (Å²) in [6, 6.07) is 0. The van der Waals surface area contributed by atoms with Crippen LogP contribution in [0.25, 0.3) is 0 Å². The van der Waals surface area contributed by atoms with Crippen LogP contribution in [-0.4, -0.2) is 43.5 Å². The molecule has 1 atom stereocenters. The van der Waals surface area contributed by atoms with Crippen molar-refractivity contribution in [2.45, 2.75) is 46.5 Å². The molecule has 0 aromatic heterocycles. The number of likely N-dealkylation sites (tertiary alicyclic amines) is 1. The first-order chi connectivity index (χ1) is 9.01. The molecule has 0 saturated carbocycles. The highest BCUT2D eigenvalue weighted by atomic mass is 16.2. The molecule has 19 heavy (non-hydrogen) atoms. The van der Waals surface area contributed by atoms with E-state index in [2.05, 4.69) is 17.1 Å². The first kappa shape index (κ1) is 16.4. The van der Waals surface area contributed by atoms with E-state index in [0.29, 0.717) is 6.54 Å². The lowest BCUT2D eigenvalue weighted by Crippen LogP contribution is -2.44. The van der Waals surface area contributed by atoms with E-state index in [-0.39, 0.29) is 5.91 Å². The Kier molecular flexibility index (Phi) is 6.80. The summed E-state index contributed by atoms with van der Waals surface area (Å²) in [4.78, 5) is 14.5. The van der Waals surface area contributed by atoms with Crippen molar-refractivity contribution in [3.63, 3.8) is 0 Å². The Hall–Kier alpha value is -0.610. The minimum atomic E-state index is -0.402. The van der Waals surface area contributed by atoms with Crippen molar-refractivity contribution in [3.05, 3.63) is 0 Å². The predicted molar refractivity (Wildman–Crippen MR) is 79.9 cm³/mol. The van der Waals surface area contributed by atoms with E-state index >= 15 is 0 Å². The van der Waals surface area contributed by atoms with Gasteiger partial charge in [0.25, 0.3) is 0 Å². The highest BCUT2D eigenvalue weighted by Gasteiger charge is 2.29. The van der Waals surface area contributed by atoms with Crippen molar-refractivity contribution in [2.24, 2.45) is 17.1 Å². The van der Waals surface area contributed by atoms with Gasteiger partial charge in [-0.15, -0.1) is 0 Å². The van der Waals surface area contributed by atoms with Gasteiger partial charge in [0, 0.05) is 13.1 Å². The van der Waals surface area contributed by atoms with Crippen molar-refractivity contribution in [2.75, 3.05) is 32.7 Å². The van der Waals surface area contributed by atoms with Gasteiger partial charge in [0.1, 0.15) is 0 Å². The summed E-state index contributed by atoms with van der Waals surface area (Å²) in [5, 5.41) is 3.03. The third kappa shape index (κ3) is 5.11. The van der Waals surface area contributed by atoms with Crippen LogP contribution in [0.1, 0.15) is 46.5 Å². The van der Waals surface area contributed by atoms with E-state index in [1.54, 1.807) is 0 Å². The van der Waals surface area contributed by atoms with Gasteiger partial charge in [0.15, 0.2) is 0 Å². The molecule has 0 spiro atoms. The predicted octanol–water partition coefficient (Wildman–Crippen LogP) is 1.60. The molecule has 0 bridgehead atoms. The second-order valence-electron chi connectivity index (χ2n) is 6.25. The molecule has 0 aliphatic carbocycles. The molecular formula is C15H31N3O. The summed E-state index contributed by atoms with van der Waals surface area (Å²) in [7, 11) is 0. The maximum atomic E-state index is 12.0. The van der Waals surface area contributed by atoms with Gasteiger partial charge < -0.3 is 16.0 Å². The SMILES string of the molecule is CCC(C)(CN)C(=O)NCCCN1CCC(C)CC1. The first-order valence-corrected chi connectivity index (χ1v) is 7.72. The molecule has 4 nitrogen and oxygen atoms in total. The molecule has 1 rings (SSSR count). The molecule has 1 unspecified atom stereocenters. The summed E-state index contributed by atoms with van der Waals surface area (Å²) < 4.78 is 0. The van der Waals surface area contributed by atoms with Crippen molar-refractivity contribution in [1.29, 1.82) is 0 Å².